The molecule has 1 aromatic carbocycles. The van der Waals surface area contributed by atoms with Gasteiger partial charge in [-0.1, -0.05) is 6.08 Å². The van der Waals surface area contributed by atoms with Crippen LogP contribution in [0.3, 0.4) is 0 Å². The minimum Gasteiger partial charge on any atom is -0.452 e. The first-order valence-electron chi connectivity index (χ1n) is 6.90. The van der Waals surface area contributed by atoms with E-state index in [1.807, 2.05) is 6.08 Å². The molecule has 1 heterocycles. The first kappa shape index (κ1) is 14.2. The van der Waals surface area contributed by atoms with Gasteiger partial charge in [-0.2, -0.15) is 0 Å². The van der Waals surface area contributed by atoms with Crippen molar-refractivity contribution in [1.29, 1.82) is 0 Å². The summed E-state index contributed by atoms with van der Waals surface area (Å²) in [7, 11) is 0. The number of esters is 1. The van der Waals surface area contributed by atoms with Crippen LogP contribution in [0, 0.1) is 10.1 Å². The van der Waals surface area contributed by atoms with E-state index in [9.17, 15) is 19.7 Å². The van der Waals surface area contributed by atoms with Gasteiger partial charge in [0.1, 0.15) is 6.10 Å². The van der Waals surface area contributed by atoms with Gasteiger partial charge in [-0.15, -0.1) is 0 Å². The molecule has 7 heteroatoms. The number of carbonyl (C=O) groups is 2. The fourth-order valence-electron chi connectivity index (χ4n) is 2.86. The second-order valence-electron chi connectivity index (χ2n) is 5.32. The van der Waals surface area contributed by atoms with Crippen LogP contribution in [0.2, 0.25) is 0 Å². The first-order valence-corrected chi connectivity index (χ1v) is 6.90. The normalized spacial score (nSPS) is 25.3. The minimum absolute atomic E-state index is 0.0323. The van der Waals surface area contributed by atoms with E-state index in [0.717, 1.165) is 6.42 Å². The van der Waals surface area contributed by atoms with Gasteiger partial charge in [-0.25, -0.2) is 4.79 Å². The van der Waals surface area contributed by atoms with E-state index in [2.05, 4.69) is 0 Å². The SMILES string of the molecule is CC(=O)N1[C@@H]2[C@@H](OC(=O)c3ccc([N+](=O)[O-])cc3)C=CC[C@@H]21. The quantitative estimate of drug-likeness (QED) is 0.278. The first-order chi connectivity index (χ1) is 10.5. The number of ether oxygens (including phenoxy) is 1. The summed E-state index contributed by atoms with van der Waals surface area (Å²) in [4.78, 5) is 35.3. The van der Waals surface area contributed by atoms with Crippen LogP contribution in [-0.4, -0.2) is 39.9 Å². The number of nitro benzene ring substituents is 1. The highest BCUT2D eigenvalue weighted by Gasteiger charge is 2.55. The van der Waals surface area contributed by atoms with Gasteiger partial charge in [-0.3, -0.25) is 14.9 Å². The lowest BCUT2D eigenvalue weighted by Crippen LogP contribution is -2.27. The highest BCUT2D eigenvalue weighted by atomic mass is 16.6. The molecule has 0 N–H and O–H groups in total. The smallest absolute Gasteiger partial charge is 0.338 e. The number of nitrogens with zero attached hydrogens (tertiary/aromatic N) is 2. The summed E-state index contributed by atoms with van der Waals surface area (Å²) in [6.45, 7) is 1.49. The minimum atomic E-state index is -0.555. The molecular weight excluding hydrogens is 288 g/mol. The predicted octanol–water partition coefficient (Wildman–Crippen LogP) is 1.68. The maximum atomic E-state index is 12.1. The predicted molar refractivity (Wildman–Crippen MR) is 76.2 cm³/mol. The number of amides is 1. The average molecular weight is 302 g/mol. The average Bonchev–Trinajstić information content (AvgIpc) is 3.23. The highest BCUT2D eigenvalue weighted by Crippen LogP contribution is 2.39. The zero-order valence-corrected chi connectivity index (χ0v) is 11.8. The van der Waals surface area contributed by atoms with Crippen molar-refractivity contribution in [3.8, 4) is 0 Å². The molecule has 2 aliphatic rings. The Bertz CT molecular complexity index is 667. The Morgan fingerprint density at radius 3 is 2.59 bits per heavy atom. The van der Waals surface area contributed by atoms with E-state index >= 15 is 0 Å². The van der Waals surface area contributed by atoms with E-state index in [1.54, 1.807) is 11.0 Å². The number of carbonyl (C=O) groups excluding carboxylic acids is 2. The summed E-state index contributed by atoms with van der Waals surface area (Å²) in [6, 6.07) is 5.26. The summed E-state index contributed by atoms with van der Waals surface area (Å²) >= 11 is 0. The largest absolute Gasteiger partial charge is 0.452 e. The van der Waals surface area contributed by atoms with Crippen molar-refractivity contribution in [3.05, 3.63) is 52.1 Å². The van der Waals surface area contributed by atoms with E-state index in [1.165, 1.54) is 31.2 Å². The molecule has 0 spiro atoms. The lowest BCUT2D eigenvalue weighted by Gasteiger charge is -2.15. The summed E-state index contributed by atoms with van der Waals surface area (Å²) in [6.07, 6.45) is 3.99. The zero-order valence-electron chi connectivity index (χ0n) is 11.8. The molecule has 22 heavy (non-hydrogen) atoms. The summed E-state index contributed by atoms with van der Waals surface area (Å²) in [5.41, 5.74) is 0.162. The molecule has 1 aromatic rings. The molecule has 3 atom stereocenters. The maximum absolute atomic E-state index is 12.1. The Balaban J connectivity index is 1.69. The lowest BCUT2D eigenvalue weighted by atomic mass is 10.1. The monoisotopic (exact) mass is 302 g/mol. The summed E-state index contributed by atoms with van der Waals surface area (Å²) < 4.78 is 5.42. The van der Waals surface area contributed by atoms with Gasteiger partial charge >= 0.3 is 5.97 Å². The molecule has 0 saturated carbocycles. The Hall–Kier alpha value is -2.70. The van der Waals surface area contributed by atoms with Crippen LogP contribution in [0.1, 0.15) is 23.7 Å². The van der Waals surface area contributed by atoms with Crippen molar-refractivity contribution >= 4 is 17.6 Å². The second kappa shape index (κ2) is 5.25. The third-order valence-corrected chi connectivity index (χ3v) is 3.94. The number of hydrogen-bond donors (Lipinski definition) is 0. The van der Waals surface area contributed by atoms with Crippen LogP contribution in [0.15, 0.2) is 36.4 Å². The number of benzene rings is 1. The molecular formula is C15H14N2O5. The molecule has 1 fully saturated rings. The number of non-ortho nitro benzene ring substituents is 1. The number of hydrogen-bond acceptors (Lipinski definition) is 5. The van der Waals surface area contributed by atoms with E-state index in [4.69, 9.17) is 4.74 Å². The van der Waals surface area contributed by atoms with E-state index in [-0.39, 0.29) is 29.2 Å². The van der Waals surface area contributed by atoms with Crippen LogP contribution < -0.4 is 0 Å². The van der Waals surface area contributed by atoms with Crippen LogP contribution in [0.5, 0.6) is 0 Å². The number of nitro groups is 1. The van der Waals surface area contributed by atoms with Gasteiger partial charge < -0.3 is 9.64 Å². The van der Waals surface area contributed by atoms with Crippen molar-refractivity contribution in [1.82, 2.24) is 4.90 Å². The third-order valence-electron chi connectivity index (χ3n) is 3.94. The Kier molecular flexibility index (Phi) is 3.40. The van der Waals surface area contributed by atoms with Crippen molar-refractivity contribution in [2.24, 2.45) is 0 Å². The van der Waals surface area contributed by atoms with Gasteiger partial charge in [0.25, 0.3) is 5.69 Å². The lowest BCUT2D eigenvalue weighted by molar-refractivity contribution is -0.384. The molecule has 3 rings (SSSR count). The standard InChI is InChI=1S/C15H14N2O5/c1-9(18)16-12-3-2-4-13(14(12)16)22-15(19)10-5-7-11(8-6-10)17(20)21/h2,4-8,12-14H,3H2,1H3/t12-,13-,14-,16?/m0/s1. The summed E-state index contributed by atoms with van der Waals surface area (Å²) in [5.74, 6) is -0.587. The molecule has 114 valence electrons. The summed E-state index contributed by atoms with van der Waals surface area (Å²) in [5, 5.41) is 10.6. The Labute approximate surface area is 126 Å². The van der Waals surface area contributed by atoms with Crippen LogP contribution in [0.4, 0.5) is 5.69 Å². The Morgan fingerprint density at radius 1 is 1.32 bits per heavy atom. The number of fused-ring (bicyclic) bond motifs is 1. The van der Waals surface area contributed by atoms with Crippen molar-refractivity contribution < 1.29 is 19.2 Å². The molecule has 1 aliphatic heterocycles. The highest BCUT2D eigenvalue weighted by molar-refractivity contribution is 5.90. The zero-order chi connectivity index (χ0) is 15.9. The van der Waals surface area contributed by atoms with Crippen molar-refractivity contribution in [2.45, 2.75) is 31.5 Å². The molecule has 0 bridgehead atoms. The molecule has 0 aromatic heterocycles. The van der Waals surface area contributed by atoms with Crippen molar-refractivity contribution in [3.63, 3.8) is 0 Å². The van der Waals surface area contributed by atoms with Crippen LogP contribution >= 0.6 is 0 Å². The van der Waals surface area contributed by atoms with Gasteiger partial charge in [-0.05, 0) is 24.6 Å². The van der Waals surface area contributed by atoms with Gasteiger partial charge in [0.05, 0.1) is 22.6 Å². The number of rotatable bonds is 3. The molecule has 0 unspecified atom stereocenters. The fourth-order valence-corrected chi connectivity index (χ4v) is 2.86. The van der Waals surface area contributed by atoms with E-state index < -0.39 is 17.0 Å². The fraction of sp³-hybridized carbons (Fsp3) is 0.333. The topological polar surface area (TPSA) is 89.5 Å². The molecule has 0 radical (unpaired) electrons. The van der Waals surface area contributed by atoms with Crippen molar-refractivity contribution in [2.75, 3.05) is 0 Å². The Morgan fingerprint density at radius 2 is 2.00 bits per heavy atom. The molecule has 1 saturated heterocycles. The van der Waals surface area contributed by atoms with E-state index in [0.29, 0.717) is 0 Å². The second-order valence-corrected chi connectivity index (χ2v) is 5.32. The molecule has 1 aliphatic carbocycles. The van der Waals surface area contributed by atoms with Gasteiger partial charge in [0.2, 0.25) is 5.91 Å². The third kappa shape index (κ3) is 2.45. The van der Waals surface area contributed by atoms with Crippen LogP contribution in [0.25, 0.3) is 0 Å². The molecule has 1 amide bonds. The van der Waals surface area contributed by atoms with Gasteiger partial charge in [0, 0.05) is 19.1 Å². The molecule has 7 nitrogen and oxygen atoms in total. The maximum Gasteiger partial charge on any atom is 0.338 e. The van der Waals surface area contributed by atoms with Crippen LogP contribution in [-0.2, 0) is 9.53 Å². The van der Waals surface area contributed by atoms with Gasteiger partial charge in [0.15, 0.2) is 0 Å².